The van der Waals surface area contributed by atoms with Gasteiger partial charge in [-0.15, -0.1) is 0 Å². The second-order valence-corrected chi connectivity index (χ2v) is 19.1. The predicted octanol–water partition coefficient (Wildman–Crippen LogP) is 14.3. The zero-order chi connectivity index (χ0) is 44.4. The van der Waals surface area contributed by atoms with Crippen LogP contribution in [0.3, 0.4) is 0 Å². The maximum atomic E-state index is 2.64. The summed E-state index contributed by atoms with van der Waals surface area (Å²) in [5.74, 6) is 0. The van der Waals surface area contributed by atoms with Crippen molar-refractivity contribution < 1.29 is 0 Å². The monoisotopic (exact) mass is 854 g/mol. The van der Waals surface area contributed by atoms with Gasteiger partial charge in [-0.2, -0.15) is 0 Å². The average molecular weight is 855 g/mol. The predicted molar refractivity (Wildman–Crippen MR) is 288 cm³/mol. The van der Waals surface area contributed by atoms with Crippen LogP contribution in [-0.2, 0) is 14.1 Å². The van der Waals surface area contributed by atoms with E-state index in [4.69, 9.17) is 0 Å². The van der Waals surface area contributed by atoms with Gasteiger partial charge >= 0.3 is 0 Å². The molecule has 0 N–H and O–H groups in total. The van der Waals surface area contributed by atoms with Crippen molar-refractivity contribution >= 4 is 144 Å². The Morgan fingerprint density at radius 3 is 1.27 bits per heavy atom. The van der Waals surface area contributed by atoms with E-state index in [0.29, 0.717) is 0 Å². The van der Waals surface area contributed by atoms with Crippen molar-refractivity contribution in [3.8, 4) is 0 Å². The van der Waals surface area contributed by atoms with Crippen molar-refractivity contribution in [3.63, 3.8) is 0 Å². The minimum absolute atomic E-state index is 0.0584. The topological polar surface area (TPSA) is 16.3 Å². The first-order chi connectivity index (χ1) is 32.9. The number of benzene rings is 11. The van der Waals surface area contributed by atoms with E-state index in [1.165, 1.54) is 143 Å². The summed E-state index contributed by atoms with van der Waals surface area (Å²) in [7, 11) is 4.59. The van der Waals surface area contributed by atoms with Gasteiger partial charge in [0.05, 0.1) is 17.1 Å². The van der Waals surface area contributed by atoms with Gasteiger partial charge in [-0.05, 0) is 133 Å². The quantitative estimate of drug-likeness (QED) is 0.127. The number of hydrogen-bond donors (Lipinski definition) is 0. The summed E-state index contributed by atoms with van der Waals surface area (Å²) in [4.78, 5) is 5.25. The highest BCUT2D eigenvalue weighted by Crippen LogP contribution is 2.51. The number of nitrogens with zero attached hydrogens (tertiary/aromatic N) is 4. The Morgan fingerprint density at radius 1 is 0.328 bits per heavy atom. The largest absolute Gasteiger partial charge is 0.353 e. The lowest BCUT2D eigenvalue weighted by atomic mass is 9.36. The van der Waals surface area contributed by atoms with Crippen molar-refractivity contribution in [1.82, 2.24) is 9.13 Å². The average Bonchev–Trinajstić information content (AvgIpc) is 3.82. The van der Waals surface area contributed by atoms with Crippen molar-refractivity contribution in [1.29, 1.82) is 0 Å². The lowest BCUT2D eigenvalue weighted by Gasteiger charge is -2.43. The van der Waals surface area contributed by atoms with Crippen LogP contribution in [-0.4, -0.2) is 15.8 Å². The molecular formula is C62H43BN4. The minimum Gasteiger partial charge on any atom is -0.353 e. The van der Waals surface area contributed by atoms with E-state index in [2.05, 4.69) is 235 Å². The van der Waals surface area contributed by atoms with E-state index in [0.717, 1.165) is 5.69 Å². The van der Waals surface area contributed by atoms with Crippen LogP contribution >= 0.6 is 0 Å². The Balaban J connectivity index is 1.10. The molecule has 0 spiro atoms. The fourth-order valence-electron chi connectivity index (χ4n) is 12.8. The zero-order valence-electron chi connectivity index (χ0n) is 37.8. The number of aromatic nitrogens is 2. The van der Waals surface area contributed by atoms with Crippen LogP contribution in [0.4, 0.5) is 34.1 Å². The van der Waals surface area contributed by atoms with Gasteiger partial charge in [0.25, 0.3) is 6.71 Å². The van der Waals surface area contributed by atoms with Crippen molar-refractivity contribution in [2.75, 3.05) is 9.80 Å². The van der Waals surface area contributed by atoms with Crippen molar-refractivity contribution in [3.05, 3.63) is 199 Å². The molecule has 4 heterocycles. The molecule has 2 aromatic heterocycles. The van der Waals surface area contributed by atoms with E-state index in [-0.39, 0.29) is 6.71 Å². The molecule has 0 unspecified atom stereocenters. The maximum absolute atomic E-state index is 2.64. The SMILES string of the molecule is Cc1ccc2c(c1)c1c(n2C)B2c3c(cccc3N(c3cccc4c5ccccc5c5ccccc5c34)c3c2n(C)c2ccc(C)cc32)N1c1ccc2c3ccccc3c3ccccc3c2c1. The fourth-order valence-corrected chi connectivity index (χ4v) is 12.8. The normalized spacial score (nSPS) is 13.3. The molecule has 2 aliphatic rings. The highest BCUT2D eigenvalue weighted by molar-refractivity contribution is 7.00. The lowest BCUT2D eigenvalue weighted by Crippen LogP contribution is -2.64. The van der Waals surface area contributed by atoms with E-state index in [1.54, 1.807) is 0 Å². The number of aryl methyl sites for hydroxylation is 4. The molecule has 0 radical (unpaired) electrons. The molecule has 0 aliphatic carbocycles. The Bertz CT molecular complexity index is 4280. The third-order valence-corrected chi connectivity index (χ3v) is 15.5. The Hall–Kier alpha value is -8.28. The van der Waals surface area contributed by atoms with Gasteiger partial charge < -0.3 is 18.9 Å². The Kier molecular flexibility index (Phi) is 7.28. The van der Waals surface area contributed by atoms with Gasteiger partial charge in [-0.3, -0.25) is 0 Å². The summed E-state index contributed by atoms with van der Waals surface area (Å²) in [5.41, 5.74) is 16.2. The summed E-state index contributed by atoms with van der Waals surface area (Å²) in [5, 5.41) is 17.8. The van der Waals surface area contributed by atoms with Crippen LogP contribution < -0.4 is 26.4 Å². The number of hydrogen-bond acceptors (Lipinski definition) is 2. The Morgan fingerprint density at radius 2 is 0.731 bits per heavy atom. The van der Waals surface area contributed by atoms with Gasteiger partial charge in [-0.1, -0.05) is 145 Å². The van der Waals surface area contributed by atoms with Crippen LogP contribution in [0.25, 0.3) is 86.4 Å². The van der Waals surface area contributed by atoms with Crippen LogP contribution in [0.2, 0.25) is 0 Å². The minimum atomic E-state index is -0.0584. The molecule has 11 aromatic carbocycles. The van der Waals surface area contributed by atoms with Crippen LogP contribution in [0.5, 0.6) is 0 Å². The van der Waals surface area contributed by atoms with Gasteiger partial charge in [0, 0.05) is 69.5 Å². The highest BCUT2D eigenvalue weighted by Gasteiger charge is 2.48. The van der Waals surface area contributed by atoms with E-state index < -0.39 is 0 Å². The summed E-state index contributed by atoms with van der Waals surface area (Å²) in [6.45, 7) is 4.40. The fraction of sp³-hybridized carbons (Fsp3) is 0.0645. The molecule has 2 aliphatic heterocycles. The first-order valence-electron chi connectivity index (χ1n) is 23.5. The first-order valence-corrected chi connectivity index (χ1v) is 23.5. The lowest BCUT2D eigenvalue weighted by molar-refractivity contribution is 0.982. The molecule has 0 saturated heterocycles. The maximum Gasteiger partial charge on any atom is 0.292 e. The zero-order valence-corrected chi connectivity index (χ0v) is 37.8. The summed E-state index contributed by atoms with van der Waals surface area (Å²) >= 11 is 0. The van der Waals surface area contributed by atoms with E-state index in [9.17, 15) is 0 Å². The smallest absolute Gasteiger partial charge is 0.292 e. The molecule has 5 heteroatoms. The molecule has 4 nitrogen and oxygen atoms in total. The molecule has 0 bridgehead atoms. The van der Waals surface area contributed by atoms with E-state index >= 15 is 0 Å². The summed E-state index contributed by atoms with van der Waals surface area (Å²) < 4.78 is 5.02. The molecule has 0 atom stereocenters. The van der Waals surface area contributed by atoms with Gasteiger partial charge in [0.15, 0.2) is 0 Å². The molecule has 314 valence electrons. The Labute approximate surface area is 388 Å². The van der Waals surface area contributed by atoms with Crippen molar-refractivity contribution in [2.45, 2.75) is 13.8 Å². The van der Waals surface area contributed by atoms with Crippen LogP contribution in [0.15, 0.2) is 188 Å². The summed E-state index contributed by atoms with van der Waals surface area (Å²) in [6, 6.07) is 71.1. The first kappa shape index (κ1) is 37.0. The van der Waals surface area contributed by atoms with Crippen molar-refractivity contribution in [2.24, 2.45) is 14.1 Å². The third-order valence-electron chi connectivity index (χ3n) is 15.5. The van der Waals surface area contributed by atoms with Gasteiger partial charge in [0.1, 0.15) is 0 Å². The second kappa shape index (κ2) is 13.2. The molecule has 15 rings (SSSR count). The highest BCUT2D eigenvalue weighted by atomic mass is 15.2. The number of fused-ring (bicyclic) bond motifs is 20. The molecule has 67 heavy (non-hydrogen) atoms. The molecular weight excluding hydrogens is 812 g/mol. The standard InChI is InChI=1S/C62H43BN4/c1-36-27-31-52-50(33-36)59-61(64(52)3)63-58-55(66(59)38-29-30-46-41-17-6-5-15-39(41)40-16-8-10-21-45(40)49(46)35-38)25-14-26-56(58)67(60-51-34-37(2)28-32-53(51)65(4)62(60)63)54-24-13-23-48-44-19-9-7-18-42(44)43-20-11-12-22-47(43)57(48)54/h5-35H,1-4H3. The van der Waals surface area contributed by atoms with Crippen LogP contribution in [0, 0.1) is 13.8 Å². The van der Waals surface area contributed by atoms with Crippen LogP contribution in [0.1, 0.15) is 11.1 Å². The molecule has 0 saturated carbocycles. The second-order valence-electron chi connectivity index (χ2n) is 19.1. The molecule has 0 fully saturated rings. The molecule has 13 aromatic rings. The molecule has 0 amide bonds. The van der Waals surface area contributed by atoms with Gasteiger partial charge in [0.2, 0.25) is 0 Å². The number of rotatable bonds is 2. The summed E-state index contributed by atoms with van der Waals surface area (Å²) in [6.07, 6.45) is 0. The van der Waals surface area contributed by atoms with Gasteiger partial charge in [-0.25, -0.2) is 0 Å². The third kappa shape index (κ3) is 4.73. The van der Waals surface area contributed by atoms with E-state index in [1.807, 2.05) is 0 Å². The number of anilines is 6.